The van der Waals surface area contributed by atoms with Crippen LogP contribution < -0.4 is 10.2 Å². The number of hydrogen-bond donors (Lipinski definition) is 1. The number of nitrogens with one attached hydrogen (secondary N) is 1. The molecule has 0 radical (unpaired) electrons. The Morgan fingerprint density at radius 1 is 1.33 bits per heavy atom. The average Bonchev–Trinajstić information content (AvgIpc) is 2.40. The maximum atomic E-state index is 13.6. The molecule has 1 aromatic carbocycles. The number of benzene rings is 1. The first-order valence-electron chi connectivity index (χ1n) is 7.83. The fourth-order valence-corrected chi connectivity index (χ4v) is 3.37. The zero-order valence-electron chi connectivity index (χ0n) is 13.4. The summed E-state index contributed by atoms with van der Waals surface area (Å²) in [7, 11) is 0. The normalized spacial score (nSPS) is 23.1. The predicted octanol–water partition coefficient (Wildman–Crippen LogP) is 4.33. The molecule has 0 saturated carbocycles. The molecule has 1 fully saturated rings. The van der Waals surface area contributed by atoms with Gasteiger partial charge < -0.3 is 10.2 Å². The van der Waals surface area contributed by atoms with Gasteiger partial charge in [0.2, 0.25) is 0 Å². The van der Waals surface area contributed by atoms with Crippen molar-refractivity contribution in [3.05, 3.63) is 29.0 Å². The summed E-state index contributed by atoms with van der Waals surface area (Å²) in [6.45, 7) is 10.7. The molecule has 0 bridgehead atoms. The standard InChI is InChI=1S/C17H26ClFN2/c1-11(2)7-14-10-21(17(9-20-14)12(3)4)16-8-13(19)5-6-15(16)18/h5-6,8,11-12,14,17,20H,7,9-10H2,1-4H3. The van der Waals surface area contributed by atoms with Crippen LogP contribution in [-0.4, -0.2) is 25.2 Å². The first-order valence-corrected chi connectivity index (χ1v) is 8.21. The Hall–Kier alpha value is -0.800. The van der Waals surface area contributed by atoms with Gasteiger partial charge in [-0.15, -0.1) is 0 Å². The summed E-state index contributed by atoms with van der Waals surface area (Å²) in [6, 6.07) is 5.41. The van der Waals surface area contributed by atoms with Crippen LogP contribution in [0.1, 0.15) is 34.1 Å². The van der Waals surface area contributed by atoms with E-state index in [0.717, 1.165) is 25.2 Å². The quantitative estimate of drug-likeness (QED) is 0.890. The van der Waals surface area contributed by atoms with Gasteiger partial charge in [-0.05, 0) is 36.5 Å². The molecule has 1 saturated heterocycles. The van der Waals surface area contributed by atoms with Crippen LogP contribution >= 0.6 is 11.6 Å². The van der Waals surface area contributed by atoms with Gasteiger partial charge in [-0.1, -0.05) is 39.3 Å². The SMILES string of the molecule is CC(C)CC1CN(c2cc(F)ccc2Cl)C(C(C)C)CN1. The third kappa shape index (κ3) is 4.10. The Kier molecular flexibility index (Phi) is 5.50. The molecule has 0 amide bonds. The van der Waals surface area contributed by atoms with Gasteiger partial charge in [-0.3, -0.25) is 0 Å². The number of nitrogens with zero attached hydrogens (tertiary/aromatic N) is 1. The summed E-state index contributed by atoms with van der Waals surface area (Å²) in [5, 5.41) is 4.27. The number of piperazine rings is 1. The first kappa shape index (κ1) is 16.6. The fraction of sp³-hybridized carbons (Fsp3) is 0.647. The van der Waals surface area contributed by atoms with E-state index in [-0.39, 0.29) is 5.82 Å². The van der Waals surface area contributed by atoms with Crippen molar-refractivity contribution in [3.8, 4) is 0 Å². The van der Waals surface area contributed by atoms with Crippen LogP contribution in [0.5, 0.6) is 0 Å². The van der Waals surface area contributed by atoms with E-state index in [1.54, 1.807) is 12.1 Å². The molecule has 1 aliphatic rings. The number of anilines is 1. The molecule has 2 nitrogen and oxygen atoms in total. The Labute approximate surface area is 132 Å². The van der Waals surface area contributed by atoms with Crippen LogP contribution in [0.4, 0.5) is 10.1 Å². The van der Waals surface area contributed by atoms with Crippen LogP contribution in [0.2, 0.25) is 5.02 Å². The van der Waals surface area contributed by atoms with Crippen molar-refractivity contribution < 1.29 is 4.39 Å². The van der Waals surface area contributed by atoms with Gasteiger partial charge in [0, 0.05) is 25.2 Å². The zero-order valence-corrected chi connectivity index (χ0v) is 14.1. The van der Waals surface area contributed by atoms with Crippen LogP contribution in [0.25, 0.3) is 0 Å². The van der Waals surface area contributed by atoms with Gasteiger partial charge in [0.05, 0.1) is 10.7 Å². The maximum absolute atomic E-state index is 13.6. The van der Waals surface area contributed by atoms with Crippen LogP contribution in [-0.2, 0) is 0 Å². The Bertz CT molecular complexity index is 476. The molecular formula is C17H26ClFN2. The highest BCUT2D eigenvalue weighted by molar-refractivity contribution is 6.33. The number of halogens is 2. The van der Waals surface area contributed by atoms with E-state index in [4.69, 9.17) is 11.6 Å². The van der Waals surface area contributed by atoms with E-state index in [0.29, 0.717) is 28.9 Å². The lowest BCUT2D eigenvalue weighted by atomic mass is 9.94. The van der Waals surface area contributed by atoms with E-state index in [2.05, 4.69) is 37.9 Å². The molecule has 1 aromatic rings. The lowest BCUT2D eigenvalue weighted by Gasteiger charge is -2.44. The topological polar surface area (TPSA) is 15.3 Å². The molecule has 0 aliphatic carbocycles. The van der Waals surface area contributed by atoms with Gasteiger partial charge in [0.15, 0.2) is 0 Å². The molecular weight excluding hydrogens is 287 g/mol. The van der Waals surface area contributed by atoms with Gasteiger partial charge in [0.25, 0.3) is 0 Å². The molecule has 1 N–H and O–H groups in total. The van der Waals surface area contributed by atoms with E-state index in [9.17, 15) is 4.39 Å². The monoisotopic (exact) mass is 312 g/mol. The van der Waals surface area contributed by atoms with Crippen molar-refractivity contribution in [1.82, 2.24) is 5.32 Å². The van der Waals surface area contributed by atoms with Gasteiger partial charge >= 0.3 is 0 Å². The molecule has 118 valence electrons. The Morgan fingerprint density at radius 3 is 2.67 bits per heavy atom. The molecule has 2 unspecified atom stereocenters. The zero-order chi connectivity index (χ0) is 15.6. The van der Waals surface area contributed by atoms with Crippen molar-refractivity contribution in [2.45, 2.75) is 46.2 Å². The highest BCUT2D eigenvalue weighted by Crippen LogP contribution is 2.32. The third-order valence-corrected chi connectivity index (χ3v) is 4.50. The average molecular weight is 313 g/mol. The number of hydrogen-bond acceptors (Lipinski definition) is 2. The van der Waals surface area contributed by atoms with E-state index in [1.807, 2.05) is 0 Å². The molecule has 1 heterocycles. The lowest BCUT2D eigenvalue weighted by molar-refractivity contribution is 0.310. The second-order valence-corrected chi connectivity index (χ2v) is 7.20. The van der Waals surface area contributed by atoms with Gasteiger partial charge in [-0.25, -0.2) is 4.39 Å². The molecule has 4 heteroatoms. The maximum Gasteiger partial charge on any atom is 0.125 e. The molecule has 1 aliphatic heterocycles. The van der Waals surface area contributed by atoms with Crippen molar-refractivity contribution in [2.24, 2.45) is 11.8 Å². The van der Waals surface area contributed by atoms with E-state index < -0.39 is 0 Å². The van der Waals surface area contributed by atoms with Crippen molar-refractivity contribution in [1.29, 1.82) is 0 Å². The smallest absolute Gasteiger partial charge is 0.125 e. The summed E-state index contributed by atoms with van der Waals surface area (Å²) in [4.78, 5) is 2.29. The minimum atomic E-state index is -0.226. The summed E-state index contributed by atoms with van der Waals surface area (Å²) >= 11 is 6.32. The molecule has 2 atom stereocenters. The van der Waals surface area contributed by atoms with Crippen molar-refractivity contribution in [2.75, 3.05) is 18.0 Å². The van der Waals surface area contributed by atoms with Crippen LogP contribution in [0, 0.1) is 17.7 Å². The Morgan fingerprint density at radius 2 is 2.05 bits per heavy atom. The largest absolute Gasteiger partial charge is 0.364 e. The fourth-order valence-electron chi connectivity index (χ4n) is 3.14. The van der Waals surface area contributed by atoms with Gasteiger partial charge in [0.1, 0.15) is 5.82 Å². The number of rotatable bonds is 4. The molecule has 21 heavy (non-hydrogen) atoms. The Balaban J connectivity index is 2.27. The van der Waals surface area contributed by atoms with Crippen LogP contribution in [0.15, 0.2) is 18.2 Å². The summed E-state index contributed by atoms with van der Waals surface area (Å²) in [5.74, 6) is 0.899. The highest BCUT2D eigenvalue weighted by atomic mass is 35.5. The third-order valence-electron chi connectivity index (χ3n) is 4.18. The minimum Gasteiger partial charge on any atom is -0.364 e. The summed E-state index contributed by atoms with van der Waals surface area (Å²) < 4.78 is 13.6. The molecule has 0 spiro atoms. The first-order chi connectivity index (χ1) is 9.88. The molecule has 2 rings (SSSR count). The summed E-state index contributed by atoms with van der Waals surface area (Å²) in [5.41, 5.74) is 0.825. The highest BCUT2D eigenvalue weighted by Gasteiger charge is 2.31. The second kappa shape index (κ2) is 6.97. The van der Waals surface area contributed by atoms with Crippen molar-refractivity contribution in [3.63, 3.8) is 0 Å². The van der Waals surface area contributed by atoms with E-state index >= 15 is 0 Å². The van der Waals surface area contributed by atoms with Gasteiger partial charge in [-0.2, -0.15) is 0 Å². The van der Waals surface area contributed by atoms with Crippen LogP contribution in [0.3, 0.4) is 0 Å². The van der Waals surface area contributed by atoms with Crippen molar-refractivity contribution >= 4 is 17.3 Å². The second-order valence-electron chi connectivity index (χ2n) is 6.79. The van der Waals surface area contributed by atoms with E-state index in [1.165, 1.54) is 6.07 Å². The molecule has 0 aromatic heterocycles. The summed E-state index contributed by atoms with van der Waals surface area (Å²) in [6.07, 6.45) is 1.12. The lowest BCUT2D eigenvalue weighted by Crippen LogP contribution is -2.58. The predicted molar refractivity (Wildman–Crippen MR) is 88.6 cm³/mol. The minimum absolute atomic E-state index is 0.226.